The minimum absolute atomic E-state index is 0.0335. The summed E-state index contributed by atoms with van der Waals surface area (Å²) in [7, 11) is 1.11. The number of hydrogen-bond acceptors (Lipinski definition) is 6. The van der Waals surface area contributed by atoms with E-state index in [-0.39, 0.29) is 16.8 Å². The third kappa shape index (κ3) is 5.52. The molecule has 174 valence electrons. The number of nitrogens with zero attached hydrogens (tertiary/aromatic N) is 1. The minimum atomic E-state index is -3.55. The summed E-state index contributed by atoms with van der Waals surface area (Å²) in [6.45, 7) is 1.04. The molecular formula is C23H30N2O6S. The average Bonchev–Trinajstić information content (AvgIpc) is 2.82. The molecule has 1 aliphatic rings. The molecule has 1 amide bonds. The number of benzene rings is 2. The molecule has 1 N–H and O–H groups in total. The molecule has 0 saturated carbocycles. The van der Waals surface area contributed by atoms with E-state index in [4.69, 9.17) is 14.2 Å². The van der Waals surface area contributed by atoms with Crippen LogP contribution in [0.5, 0.6) is 17.2 Å². The number of ether oxygens (including phenoxy) is 3. The summed E-state index contributed by atoms with van der Waals surface area (Å²) < 4.78 is 44.0. The molecule has 1 fully saturated rings. The quantitative estimate of drug-likeness (QED) is 0.616. The number of carbonyl (C=O) groups is 1. The molecule has 1 aliphatic heterocycles. The number of amides is 1. The Balaban J connectivity index is 1.54. The maximum absolute atomic E-state index is 12.8. The first kappa shape index (κ1) is 23.9. The fraction of sp³-hybridized carbons (Fsp3) is 0.435. The fourth-order valence-corrected chi connectivity index (χ4v) is 5.22. The molecule has 0 aromatic heterocycles. The number of sulfonamides is 1. The topological polar surface area (TPSA) is 94.2 Å². The highest BCUT2D eigenvalue weighted by Gasteiger charge is 2.27. The van der Waals surface area contributed by atoms with Gasteiger partial charge in [-0.15, -0.1) is 0 Å². The van der Waals surface area contributed by atoms with Gasteiger partial charge in [0.2, 0.25) is 21.7 Å². The molecule has 0 bridgehead atoms. The molecule has 32 heavy (non-hydrogen) atoms. The summed E-state index contributed by atoms with van der Waals surface area (Å²) in [5, 5.41) is 0. The van der Waals surface area contributed by atoms with Gasteiger partial charge in [0, 0.05) is 25.6 Å². The zero-order chi connectivity index (χ0) is 23.1. The maximum Gasteiger partial charge on any atom is 0.240 e. The summed E-state index contributed by atoms with van der Waals surface area (Å²) in [4.78, 5) is 14.8. The number of rotatable bonds is 9. The lowest BCUT2D eigenvalue weighted by Gasteiger charge is -2.32. The van der Waals surface area contributed by atoms with Crippen molar-refractivity contribution in [1.82, 2.24) is 9.62 Å². The van der Waals surface area contributed by atoms with Gasteiger partial charge in [-0.1, -0.05) is 24.3 Å². The Morgan fingerprint density at radius 3 is 2.22 bits per heavy atom. The van der Waals surface area contributed by atoms with E-state index in [1.54, 1.807) is 62.6 Å². The van der Waals surface area contributed by atoms with Gasteiger partial charge in [-0.25, -0.2) is 13.1 Å². The van der Waals surface area contributed by atoms with Crippen molar-refractivity contribution < 1.29 is 27.4 Å². The molecule has 0 atom stereocenters. The second-order valence-electron chi connectivity index (χ2n) is 7.58. The smallest absolute Gasteiger partial charge is 0.240 e. The Bertz CT molecular complexity index is 1020. The van der Waals surface area contributed by atoms with Crippen molar-refractivity contribution in [2.45, 2.75) is 36.6 Å². The fourth-order valence-electron chi connectivity index (χ4n) is 3.89. The minimum Gasteiger partial charge on any atom is -0.493 e. The highest BCUT2D eigenvalue weighted by atomic mass is 32.2. The Kier molecular flexibility index (Phi) is 7.98. The van der Waals surface area contributed by atoms with E-state index in [9.17, 15) is 13.2 Å². The monoisotopic (exact) mass is 462 g/mol. The molecule has 1 heterocycles. The lowest BCUT2D eigenvalue weighted by Crippen LogP contribution is -2.46. The van der Waals surface area contributed by atoms with E-state index in [0.29, 0.717) is 56.0 Å². The molecular weight excluding hydrogens is 432 g/mol. The molecule has 1 saturated heterocycles. The van der Waals surface area contributed by atoms with Crippen LogP contribution in [0.3, 0.4) is 0 Å². The third-order valence-electron chi connectivity index (χ3n) is 5.62. The standard InChI is InChI=1S/C23H30N2O6S/c1-29-20-11-9-17(22(30-2)23(20)31-3)10-12-21(26)25-15-13-18(14-16-25)24-32(27,28)19-7-5-4-6-8-19/h4-9,11,18,24H,10,12-16H2,1-3H3. The van der Waals surface area contributed by atoms with Gasteiger partial charge < -0.3 is 19.1 Å². The number of methoxy groups -OCH3 is 3. The van der Waals surface area contributed by atoms with Crippen LogP contribution in [0.1, 0.15) is 24.8 Å². The van der Waals surface area contributed by atoms with Gasteiger partial charge in [0.05, 0.1) is 26.2 Å². The maximum atomic E-state index is 12.8. The van der Waals surface area contributed by atoms with Crippen LogP contribution >= 0.6 is 0 Å². The van der Waals surface area contributed by atoms with Gasteiger partial charge in [-0.2, -0.15) is 0 Å². The van der Waals surface area contributed by atoms with Gasteiger partial charge in [-0.05, 0) is 43.0 Å². The van der Waals surface area contributed by atoms with Crippen molar-refractivity contribution in [3.63, 3.8) is 0 Å². The first-order valence-electron chi connectivity index (χ1n) is 10.5. The summed E-state index contributed by atoms with van der Waals surface area (Å²) in [5.41, 5.74) is 0.865. The van der Waals surface area contributed by atoms with Crippen molar-refractivity contribution >= 4 is 15.9 Å². The Morgan fingerprint density at radius 2 is 1.62 bits per heavy atom. The second kappa shape index (κ2) is 10.7. The Labute approximate surface area is 189 Å². The largest absolute Gasteiger partial charge is 0.493 e. The zero-order valence-corrected chi connectivity index (χ0v) is 19.5. The number of aryl methyl sites for hydroxylation is 1. The summed E-state index contributed by atoms with van der Waals surface area (Å²) in [6, 6.07) is 11.8. The van der Waals surface area contributed by atoms with Gasteiger partial charge >= 0.3 is 0 Å². The second-order valence-corrected chi connectivity index (χ2v) is 9.30. The van der Waals surface area contributed by atoms with Crippen LogP contribution in [0.2, 0.25) is 0 Å². The van der Waals surface area contributed by atoms with E-state index in [2.05, 4.69) is 4.72 Å². The summed E-state index contributed by atoms with van der Waals surface area (Å²) >= 11 is 0. The van der Waals surface area contributed by atoms with Crippen molar-refractivity contribution in [2.24, 2.45) is 0 Å². The molecule has 2 aromatic carbocycles. The predicted molar refractivity (Wildman–Crippen MR) is 121 cm³/mol. The number of piperidine rings is 1. The molecule has 0 unspecified atom stereocenters. The van der Waals surface area contributed by atoms with Crippen LogP contribution in [-0.4, -0.2) is 59.7 Å². The van der Waals surface area contributed by atoms with Crippen molar-refractivity contribution in [3.8, 4) is 17.2 Å². The van der Waals surface area contributed by atoms with Gasteiger partial charge in [-0.3, -0.25) is 4.79 Å². The van der Waals surface area contributed by atoms with Crippen molar-refractivity contribution in [1.29, 1.82) is 0 Å². The van der Waals surface area contributed by atoms with E-state index >= 15 is 0 Å². The first-order valence-corrected chi connectivity index (χ1v) is 12.0. The molecule has 9 heteroatoms. The Hall–Kier alpha value is -2.78. The average molecular weight is 463 g/mol. The Morgan fingerprint density at radius 1 is 0.969 bits per heavy atom. The molecule has 2 aromatic rings. The number of hydrogen-bond donors (Lipinski definition) is 1. The van der Waals surface area contributed by atoms with E-state index in [1.807, 2.05) is 6.07 Å². The van der Waals surface area contributed by atoms with Crippen LogP contribution in [0.15, 0.2) is 47.4 Å². The molecule has 3 rings (SSSR count). The van der Waals surface area contributed by atoms with E-state index < -0.39 is 10.0 Å². The first-order chi connectivity index (χ1) is 15.4. The SMILES string of the molecule is COc1ccc(CCC(=O)N2CCC(NS(=O)(=O)c3ccccc3)CC2)c(OC)c1OC. The van der Waals surface area contributed by atoms with E-state index in [0.717, 1.165) is 5.56 Å². The van der Waals surface area contributed by atoms with Crippen LogP contribution in [-0.2, 0) is 21.2 Å². The van der Waals surface area contributed by atoms with Crippen molar-refractivity contribution in [3.05, 3.63) is 48.0 Å². The zero-order valence-electron chi connectivity index (χ0n) is 18.7. The lowest BCUT2D eigenvalue weighted by atomic mass is 10.0. The number of carbonyl (C=O) groups excluding carboxylic acids is 1. The third-order valence-corrected chi connectivity index (χ3v) is 7.15. The van der Waals surface area contributed by atoms with Crippen LogP contribution in [0.4, 0.5) is 0 Å². The van der Waals surface area contributed by atoms with Gasteiger partial charge in [0.15, 0.2) is 11.5 Å². The van der Waals surface area contributed by atoms with Gasteiger partial charge in [0.25, 0.3) is 0 Å². The predicted octanol–water partition coefficient (Wildman–Crippen LogP) is 2.61. The van der Waals surface area contributed by atoms with Crippen LogP contribution < -0.4 is 18.9 Å². The number of nitrogens with one attached hydrogen (secondary N) is 1. The highest BCUT2D eigenvalue weighted by molar-refractivity contribution is 7.89. The molecule has 0 aliphatic carbocycles. The van der Waals surface area contributed by atoms with E-state index in [1.165, 1.54) is 0 Å². The number of likely N-dealkylation sites (tertiary alicyclic amines) is 1. The van der Waals surface area contributed by atoms with Crippen LogP contribution in [0, 0.1) is 0 Å². The summed E-state index contributed by atoms with van der Waals surface area (Å²) in [5.74, 6) is 1.67. The lowest BCUT2D eigenvalue weighted by molar-refractivity contribution is -0.132. The normalized spacial score (nSPS) is 14.8. The highest BCUT2D eigenvalue weighted by Crippen LogP contribution is 2.40. The van der Waals surface area contributed by atoms with Crippen molar-refractivity contribution in [2.75, 3.05) is 34.4 Å². The summed E-state index contributed by atoms with van der Waals surface area (Å²) in [6.07, 6.45) is 1.99. The van der Waals surface area contributed by atoms with Gasteiger partial charge in [0.1, 0.15) is 0 Å². The molecule has 0 radical (unpaired) electrons. The molecule has 0 spiro atoms. The molecule has 8 nitrogen and oxygen atoms in total. The van der Waals surface area contributed by atoms with Crippen LogP contribution in [0.25, 0.3) is 0 Å².